The van der Waals surface area contributed by atoms with E-state index in [-0.39, 0.29) is 5.97 Å². The van der Waals surface area contributed by atoms with Crippen molar-refractivity contribution in [2.75, 3.05) is 14.2 Å². The lowest BCUT2D eigenvalue weighted by atomic mass is 10.0. The van der Waals surface area contributed by atoms with E-state index < -0.39 is 0 Å². The summed E-state index contributed by atoms with van der Waals surface area (Å²) in [6, 6.07) is 20.7. The Morgan fingerprint density at radius 3 is 1.89 bits per heavy atom. The molecule has 27 heavy (non-hydrogen) atoms. The van der Waals surface area contributed by atoms with Crippen molar-refractivity contribution in [3.05, 3.63) is 89.0 Å². The summed E-state index contributed by atoms with van der Waals surface area (Å²) in [4.78, 5) is 12.3. The highest BCUT2D eigenvalue weighted by Gasteiger charge is 2.11. The molecule has 0 saturated carbocycles. The topological polar surface area (TPSA) is 44.8 Å². The van der Waals surface area contributed by atoms with E-state index in [9.17, 15) is 4.79 Å². The quantitative estimate of drug-likeness (QED) is 0.466. The Bertz CT molecular complexity index is 912. The molecular formula is C23H22O4. The SMILES string of the molecule is COc1ccc(Cc2ccc(OC(=O)c3ccc(OC)cc3)c(C)c2)cc1. The summed E-state index contributed by atoms with van der Waals surface area (Å²) < 4.78 is 15.8. The van der Waals surface area contributed by atoms with E-state index in [0.29, 0.717) is 17.1 Å². The van der Waals surface area contributed by atoms with Gasteiger partial charge in [-0.2, -0.15) is 0 Å². The van der Waals surface area contributed by atoms with Gasteiger partial charge < -0.3 is 14.2 Å². The molecule has 0 aromatic heterocycles. The molecular weight excluding hydrogens is 340 g/mol. The van der Waals surface area contributed by atoms with Crippen molar-refractivity contribution in [2.45, 2.75) is 13.3 Å². The fourth-order valence-corrected chi connectivity index (χ4v) is 2.80. The summed E-state index contributed by atoms with van der Waals surface area (Å²) >= 11 is 0. The van der Waals surface area contributed by atoms with Crippen LogP contribution in [0.3, 0.4) is 0 Å². The number of carbonyl (C=O) groups excluding carboxylic acids is 1. The molecule has 0 N–H and O–H groups in total. The van der Waals surface area contributed by atoms with Crippen molar-refractivity contribution in [3.8, 4) is 17.2 Å². The molecule has 0 atom stereocenters. The van der Waals surface area contributed by atoms with E-state index in [1.54, 1.807) is 38.5 Å². The van der Waals surface area contributed by atoms with Crippen LogP contribution in [0.5, 0.6) is 17.2 Å². The van der Waals surface area contributed by atoms with E-state index in [1.165, 1.54) is 5.56 Å². The number of esters is 1. The molecule has 0 unspecified atom stereocenters. The van der Waals surface area contributed by atoms with Crippen LogP contribution in [0, 0.1) is 6.92 Å². The van der Waals surface area contributed by atoms with Crippen LogP contribution in [0.4, 0.5) is 0 Å². The summed E-state index contributed by atoms with van der Waals surface area (Å²) in [5, 5.41) is 0. The first kappa shape index (κ1) is 18.5. The molecule has 0 bridgehead atoms. The molecule has 0 aliphatic carbocycles. The Labute approximate surface area is 159 Å². The second-order valence-corrected chi connectivity index (χ2v) is 6.24. The minimum atomic E-state index is -0.386. The van der Waals surface area contributed by atoms with Crippen molar-refractivity contribution in [3.63, 3.8) is 0 Å². The van der Waals surface area contributed by atoms with Gasteiger partial charge in [0.1, 0.15) is 17.2 Å². The third-order valence-electron chi connectivity index (χ3n) is 4.34. The van der Waals surface area contributed by atoms with E-state index in [0.717, 1.165) is 23.3 Å². The van der Waals surface area contributed by atoms with Crippen LogP contribution >= 0.6 is 0 Å². The normalized spacial score (nSPS) is 10.3. The second kappa shape index (κ2) is 8.41. The van der Waals surface area contributed by atoms with E-state index >= 15 is 0 Å². The maximum Gasteiger partial charge on any atom is 0.343 e. The number of hydrogen-bond acceptors (Lipinski definition) is 4. The van der Waals surface area contributed by atoms with Crippen LogP contribution < -0.4 is 14.2 Å². The summed E-state index contributed by atoms with van der Waals surface area (Å²) in [7, 11) is 3.24. The third-order valence-corrected chi connectivity index (χ3v) is 4.34. The summed E-state index contributed by atoms with van der Waals surface area (Å²) in [6.45, 7) is 1.94. The predicted octanol–water partition coefficient (Wildman–Crippen LogP) is 4.82. The van der Waals surface area contributed by atoms with E-state index in [1.807, 2.05) is 49.4 Å². The van der Waals surface area contributed by atoms with Gasteiger partial charge in [0, 0.05) is 0 Å². The lowest BCUT2D eigenvalue weighted by molar-refractivity contribution is 0.0733. The molecule has 0 fully saturated rings. The maximum absolute atomic E-state index is 12.3. The molecule has 0 aliphatic rings. The van der Waals surface area contributed by atoms with Crippen molar-refractivity contribution in [2.24, 2.45) is 0 Å². The van der Waals surface area contributed by atoms with E-state index in [2.05, 4.69) is 0 Å². The fraction of sp³-hybridized carbons (Fsp3) is 0.174. The summed E-state index contributed by atoms with van der Waals surface area (Å²) in [5.74, 6) is 1.72. The fourth-order valence-electron chi connectivity index (χ4n) is 2.80. The van der Waals surface area contributed by atoms with Crippen LogP contribution in [0.15, 0.2) is 66.7 Å². The van der Waals surface area contributed by atoms with Crippen LogP contribution in [-0.4, -0.2) is 20.2 Å². The maximum atomic E-state index is 12.3. The average Bonchev–Trinajstić information content (AvgIpc) is 2.70. The zero-order chi connectivity index (χ0) is 19.2. The third kappa shape index (κ3) is 4.67. The smallest absolute Gasteiger partial charge is 0.343 e. The Morgan fingerprint density at radius 2 is 1.33 bits per heavy atom. The molecule has 4 heteroatoms. The first-order valence-corrected chi connectivity index (χ1v) is 8.67. The first-order valence-electron chi connectivity index (χ1n) is 8.67. The molecule has 0 amide bonds. The largest absolute Gasteiger partial charge is 0.497 e. The highest BCUT2D eigenvalue weighted by Crippen LogP contribution is 2.23. The van der Waals surface area contributed by atoms with Gasteiger partial charge in [0.15, 0.2) is 0 Å². The zero-order valence-corrected chi connectivity index (χ0v) is 15.7. The van der Waals surface area contributed by atoms with Crippen LogP contribution in [-0.2, 0) is 6.42 Å². The number of ether oxygens (including phenoxy) is 3. The van der Waals surface area contributed by atoms with Gasteiger partial charge in [0.25, 0.3) is 0 Å². The Morgan fingerprint density at radius 1 is 0.778 bits per heavy atom. The highest BCUT2D eigenvalue weighted by molar-refractivity contribution is 5.91. The Balaban J connectivity index is 1.69. The molecule has 0 radical (unpaired) electrons. The minimum Gasteiger partial charge on any atom is -0.497 e. The molecule has 0 heterocycles. The predicted molar refractivity (Wildman–Crippen MR) is 105 cm³/mol. The van der Waals surface area contributed by atoms with Crippen molar-refractivity contribution in [1.29, 1.82) is 0 Å². The number of benzene rings is 3. The van der Waals surface area contributed by atoms with Gasteiger partial charge >= 0.3 is 5.97 Å². The van der Waals surface area contributed by atoms with Gasteiger partial charge in [-0.1, -0.05) is 24.3 Å². The van der Waals surface area contributed by atoms with Gasteiger partial charge in [0.2, 0.25) is 0 Å². The molecule has 0 saturated heterocycles. The molecule has 0 spiro atoms. The summed E-state index contributed by atoms with van der Waals surface area (Å²) in [6.07, 6.45) is 0.803. The minimum absolute atomic E-state index is 0.386. The van der Waals surface area contributed by atoms with Gasteiger partial charge in [-0.3, -0.25) is 0 Å². The molecule has 3 aromatic carbocycles. The Kier molecular flexibility index (Phi) is 5.77. The van der Waals surface area contributed by atoms with Crippen LogP contribution in [0.1, 0.15) is 27.0 Å². The molecule has 3 aromatic rings. The van der Waals surface area contributed by atoms with Gasteiger partial charge in [0.05, 0.1) is 19.8 Å². The van der Waals surface area contributed by atoms with Gasteiger partial charge in [-0.15, -0.1) is 0 Å². The lowest BCUT2D eigenvalue weighted by Crippen LogP contribution is -2.09. The average molecular weight is 362 g/mol. The second-order valence-electron chi connectivity index (χ2n) is 6.24. The number of carbonyl (C=O) groups is 1. The molecule has 4 nitrogen and oxygen atoms in total. The number of hydrogen-bond donors (Lipinski definition) is 0. The summed E-state index contributed by atoms with van der Waals surface area (Å²) in [5.41, 5.74) is 3.75. The monoisotopic (exact) mass is 362 g/mol. The standard InChI is InChI=1S/C23H22O4/c1-16-14-18(15-17-4-9-20(25-2)10-5-17)6-13-22(16)27-23(24)19-7-11-21(26-3)12-8-19/h4-14H,15H2,1-3H3. The number of methoxy groups -OCH3 is 2. The lowest BCUT2D eigenvalue weighted by Gasteiger charge is -2.10. The van der Waals surface area contributed by atoms with Crippen molar-refractivity contribution >= 4 is 5.97 Å². The number of aryl methyl sites for hydroxylation is 1. The molecule has 138 valence electrons. The first-order chi connectivity index (χ1) is 13.1. The van der Waals surface area contributed by atoms with Gasteiger partial charge in [-0.05, 0) is 72.5 Å². The van der Waals surface area contributed by atoms with Crippen LogP contribution in [0.25, 0.3) is 0 Å². The zero-order valence-electron chi connectivity index (χ0n) is 15.7. The Hall–Kier alpha value is -3.27. The van der Waals surface area contributed by atoms with Crippen molar-refractivity contribution < 1.29 is 19.0 Å². The highest BCUT2D eigenvalue weighted by atomic mass is 16.5. The molecule has 3 rings (SSSR count). The van der Waals surface area contributed by atoms with Crippen molar-refractivity contribution in [1.82, 2.24) is 0 Å². The van der Waals surface area contributed by atoms with E-state index in [4.69, 9.17) is 14.2 Å². The van der Waals surface area contributed by atoms with Gasteiger partial charge in [-0.25, -0.2) is 4.79 Å². The molecule has 0 aliphatic heterocycles. The number of rotatable bonds is 6. The van der Waals surface area contributed by atoms with Crippen LogP contribution in [0.2, 0.25) is 0 Å².